The summed E-state index contributed by atoms with van der Waals surface area (Å²) in [5.74, 6) is 0.000532. The molecule has 3 nitrogen and oxygen atoms in total. The lowest BCUT2D eigenvalue weighted by Gasteiger charge is -2.12. The van der Waals surface area contributed by atoms with Gasteiger partial charge < -0.3 is 10.6 Å². The van der Waals surface area contributed by atoms with Crippen molar-refractivity contribution < 1.29 is 4.79 Å². The van der Waals surface area contributed by atoms with Crippen LogP contribution in [-0.4, -0.2) is 25.0 Å². The molecule has 1 aromatic carbocycles. The summed E-state index contributed by atoms with van der Waals surface area (Å²) in [4.78, 5) is 12.0. The molecule has 1 aliphatic rings. The molecule has 16 heavy (non-hydrogen) atoms. The Kier molecular flexibility index (Phi) is 3.61. The van der Waals surface area contributed by atoms with Gasteiger partial charge in [0.15, 0.2) is 0 Å². The number of halogens is 1. The molecule has 2 N–H and O–H groups in total. The molecule has 86 valence electrons. The first-order valence-electron chi connectivity index (χ1n) is 5.44. The topological polar surface area (TPSA) is 41.1 Å². The Hall–Kier alpha value is -0.870. The lowest BCUT2D eigenvalue weighted by Crippen LogP contribution is -2.36. The van der Waals surface area contributed by atoms with E-state index in [4.69, 9.17) is 0 Å². The lowest BCUT2D eigenvalue weighted by molar-refractivity contribution is 0.0939. The summed E-state index contributed by atoms with van der Waals surface area (Å²) in [5.41, 5.74) is 1.85. The normalized spacial score (nSPS) is 19.8. The number of nitrogens with one attached hydrogen (secondary N) is 2. The quantitative estimate of drug-likeness (QED) is 0.869. The maximum absolute atomic E-state index is 12.0. The molecule has 1 aliphatic heterocycles. The Bertz CT molecular complexity index is 400. The van der Waals surface area contributed by atoms with Crippen molar-refractivity contribution in [2.75, 3.05) is 13.1 Å². The predicted molar refractivity (Wildman–Crippen MR) is 67.6 cm³/mol. The molecule has 0 spiro atoms. The van der Waals surface area contributed by atoms with Gasteiger partial charge in [-0.05, 0) is 53.5 Å². The van der Waals surface area contributed by atoms with Gasteiger partial charge in [-0.15, -0.1) is 0 Å². The van der Waals surface area contributed by atoms with Gasteiger partial charge >= 0.3 is 0 Å². The zero-order valence-electron chi connectivity index (χ0n) is 9.22. The summed E-state index contributed by atoms with van der Waals surface area (Å²) in [7, 11) is 0. The zero-order chi connectivity index (χ0) is 11.5. The highest BCUT2D eigenvalue weighted by molar-refractivity contribution is 9.10. The summed E-state index contributed by atoms with van der Waals surface area (Å²) in [6, 6.07) is 6.03. The van der Waals surface area contributed by atoms with Crippen LogP contribution in [0.15, 0.2) is 22.7 Å². The fourth-order valence-corrected chi connectivity index (χ4v) is 2.52. The zero-order valence-corrected chi connectivity index (χ0v) is 10.8. The van der Waals surface area contributed by atoms with Crippen LogP contribution in [0.25, 0.3) is 0 Å². The van der Waals surface area contributed by atoms with Crippen LogP contribution in [0, 0.1) is 6.92 Å². The van der Waals surface area contributed by atoms with Crippen molar-refractivity contribution in [2.45, 2.75) is 19.4 Å². The number of rotatable bonds is 2. The molecule has 0 unspecified atom stereocenters. The second-order valence-electron chi connectivity index (χ2n) is 4.15. The molecule has 0 bridgehead atoms. The highest BCUT2D eigenvalue weighted by atomic mass is 79.9. The van der Waals surface area contributed by atoms with E-state index < -0.39 is 0 Å². The molecular formula is C12H15BrN2O. The summed E-state index contributed by atoms with van der Waals surface area (Å²) >= 11 is 3.42. The van der Waals surface area contributed by atoms with E-state index in [1.807, 2.05) is 25.1 Å². The van der Waals surface area contributed by atoms with Crippen LogP contribution in [0.2, 0.25) is 0 Å². The van der Waals surface area contributed by atoms with Crippen LogP contribution < -0.4 is 10.6 Å². The first-order valence-corrected chi connectivity index (χ1v) is 6.24. The molecule has 4 heteroatoms. The van der Waals surface area contributed by atoms with E-state index in [-0.39, 0.29) is 11.9 Å². The summed E-state index contributed by atoms with van der Waals surface area (Å²) in [6.45, 7) is 3.86. The highest BCUT2D eigenvalue weighted by Gasteiger charge is 2.18. The molecule has 0 saturated carbocycles. The first kappa shape index (κ1) is 11.6. The third-order valence-corrected chi connectivity index (χ3v) is 3.42. The molecule has 1 fully saturated rings. The van der Waals surface area contributed by atoms with Crippen LogP contribution in [0.3, 0.4) is 0 Å². The van der Waals surface area contributed by atoms with Gasteiger partial charge in [-0.25, -0.2) is 0 Å². The molecule has 1 heterocycles. The fourth-order valence-electron chi connectivity index (χ4n) is 1.85. The van der Waals surface area contributed by atoms with Gasteiger partial charge in [-0.2, -0.15) is 0 Å². The van der Waals surface area contributed by atoms with Gasteiger partial charge in [0.2, 0.25) is 0 Å². The minimum atomic E-state index is 0.000532. The van der Waals surface area contributed by atoms with Gasteiger partial charge in [0.1, 0.15) is 0 Å². The third-order valence-electron chi connectivity index (χ3n) is 2.76. The third kappa shape index (κ3) is 2.62. The molecule has 1 amide bonds. The summed E-state index contributed by atoms with van der Waals surface area (Å²) in [6.07, 6.45) is 1.01. The minimum absolute atomic E-state index is 0.000532. The number of benzene rings is 1. The van der Waals surface area contributed by atoms with Crippen molar-refractivity contribution in [2.24, 2.45) is 0 Å². The first-order chi connectivity index (χ1) is 7.66. The number of hydrogen-bond donors (Lipinski definition) is 2. The van der Waals surface area contributed by atoms with Gasteiger partial charge in [0.25, 0.3) is 5.91 Å². The monoisotopic (exact) mass is 282 g/mol. The highest BCUT2D eigenvalue weighted by Crippen LogP contribution is 2.18. The summed E-state index contributed by atoms with van der Waals surface area (Å²) in [5, 5.41) is 6.25. The van der Waals surface area contributed by atoms with E-state index in [0.29, 0.717) is 5.56 Å². The molecular weight excluding hydrogens is 268 g/mol. The predicted octanol–water partition coefficient (Wildman–Crippen LogP) is 1.85. The smallest absolute Gasteiger partial charge is 0.252 e. The number of hydrogen-bond acceptors (Lipinski definition) is 2. The van der Waals surface area contributed by atoms with Crippen LogP contribution >= 0.6 is 15.9 Å². The van der Waals surface area contributed by atoms with Crippen molar-refractivity contribution in [3.63, 3.8) is 0 Å². The second kappa shape index (κ2) is 4.97. The van der Waals surface area contributed by atoms with Crippen molar-refractivity contribution >= 4 is 21.8 Å². The SMILES string of the molecule is Cc1ccc(C(=O)N[C@H]2CCNC2)c(Br)c1. The second-order valence-corrected chi connectivity index (χ2v) is 5.00. The number of amides is 1. The maximum Gasteiger partial charge on any atom is 0.252 e. The lowest BCUT2D eigenvalue weighted by atomic mass is 10.1. The average molecular weight is 283 g/mol. The molecule has 2 rings (SSSR count). The maximum atomic E-state index is 12.0. The standard InChI is InChI=1S/C12H15BrN2O/c1-8-2-3-10(11(13)6-8)12(16)15-9-4-5-14-7-9/h2-3,6,9,14H,4-5,7H2,1H3,(H,15,16)/t9-/m0/s1. The fraction of sp³-hybridized carbons (Fsp3) is 0.417. The van der Waals surface area contributed by atoms with Crippen LogP contribution in [0.1, 0.15) is 22.3 Å². The van der Waals surface area contributed by atoms with Crippen LogP contribution in [0.5, 0.6) is 0 Å². The van der Waals surface area contributed by atoms with E-state index in [1.54, 1.807) is 0 Å². The van der Waals surface area contributed by atoms with Crippen LogP contribution in [-0.2, 0) is 0 Å². The molecule has 0 aromatic heterocycles. The Balaban J connectivity index is 2.08. The molecule has 0 radical (unpaired) electrons. The molecule has 1 saturated heterocycles. The Labute approximate surface area is 104 Å². The van der Waals surface area contributed by atoms with Crippen molar-refractivity contribution in [1.29, 1.82) is 0 Å². The van der Waals surface area contributed by atoms with Crippen LogP contribution in [0.4, 0.5) is 0 Å². The molecule has 1 aromatic rings. The Morgan fingerprint density at radius 1 is 1.56 bits per heavy atom. The molecule has 0 aliphatic carbocycles. The molecule has 1 atom stereocenters. The van der Waals surface area contributed by atoms with E-state index in [0.717, 1.165) is 29.5 Å². The van der Waals surface area contributed by atoms with E-state index in [9.17, 15) is 4.79 Å². The van der Waals surface area contributed by atoms with Gasteiger partial charge in [-0.1, -0.05) is 6.07 Å². The van der Waals surface area contributed by atoms with Gasteiger partial charge in [-0.3, -0.25) is 4.79 Å². The average Bonchev–Trinajstić information content (AvgIpc) is 2.70. The van der Waals surface area contributed by atoms with Crippen molar-refractivity contribution in [3.05, 3.63) is 33.8 Å². The summed E-state index contributed by atoms with van der Waals surface area (Å²) < 4.78 is 0.857. The van der Waals surface area contributed by atoms with E-state index in [1.165, 1.54) is 0 Å². The Morgan fingerprint density at radius 2 is 2.38 bits per heavy atom. The number of carbonyl (C=O) groups excluding carboxylic acids is 1. The van der Waals surface area contributed by atoms with Gasteiger partial charge in [0.05, 0.1) is 5.56 Å². The van der Waals surface area contributed by atoms with E-state index in [2.05, 4.69) is 26.6 Å². The Morgan fingerprint density at radius 3 is 3.00 bits per heavy atom. The number of carbonyl (C=O) groups is 1. The number of aryl methyl sites for hydroxylation is 1. The van der Waals surface area contributed by atoms with Gasteiger partial charge in [0, 0.05) is 17.1 Å². The van der Waals surface area contributed by atoms with Crippen molar-refractivity contribution in [1.82, 2.24) is 10.6 Å². The van der Waals surface area contributed by atoms with E-state index >= 15 is 0 Å². The van der Waals surface area contributed by atoms with Crippen molar-refractivity contribution in [3.8, 4) is 0 Å². The largest absolute Gasteiger partial charge is 0.348 e. The minimum Gasteiger partial charge on any atom is -0.348 e.